The van der Waals surface area contributed by atoms with Gasteiger partial charge >= 0.3 is 0 Å². The monoisotopic (exact) mass is 660 g/mol. The highest BCUT2D eigenvalue weighted by Gasteiger charge is 2.50. The highest BCUT2D eigenvalue weighted by atomic mass is 35.5. The van der Waals surface area contributed by atoms with E-state index in [1.165, 1.54) is 0 Å². The van der Waals surface area contributed by atoms with Crippen molar-refractivity contribution in [2.24, 2.45) is 5.92 Å². The van der Waals surface area contributed by atoms with E-state index in [2.05, 4.69) is 26.7 Å². The minimum atomic E-state index is -3.79. The number of carbonyl (C=O) groups excluding carboxylic acids is 1. The fourth-order valence-electron chi connectivity index (χ4n) is 7.08. The molecule has 4 atom stereocenters. The summed E-state index contributed by atoms with van der Waals surface area (Å²) in [6.07, 6.45) is 6.43. The Labute approximate surface area is 266 Å². The molecule has 0 spiro atoms. The molecule has 1 N–H and O–H groups in total. The number of pyridine rings is 1. The standard InChI is InChI=1S/C31H34Cl2N4O6S/c1-17-22-13-20(37(17)19-7-8-26(34-15-19)31(38)36-44(39,40)21-9-11-41-12-10-21)14-27(22)42-16-23-29(35-43-30(23)18-5-6-18)28-24(32)3-2-4-25(28)33/h2-4,7-8,15,17-18,20-22,27H,5-6,9-14,16H2,1H3,(H,36,38). The first-order chi connectivity index (χ1) is 21.2. The van der Waals surface area contributed by atoms with Crippen molar-refractivity contribution >= 4 is 44.8 Å². The van der Waals surface area contributed by atoms with Crippen LogP contribution in [0.3, 0.4) is 0 Å². The molecule has 7 rings (SSSR count). The highest BCUT2D eigenvalue weighted by molar-refractivity contribution is 7.90. The Bertz CT molecular complexity index is 1630. The van der Waals surface area contributed by atoms with Gasteiger partial charge in [-0.05, 0) is 69.7 Å². The molecule has 4 unspecified atom stereocenters. The quantitative estimate of drug-likeness (QED) is 0.306. The minimum absolute atomic E-state index is 0.0659. The van der Waals surface area contributed by atoms with Crippen molar-refractivity contribution in [2.75, 3.05) is 18.1 Å². The third-order valence-corrected chi connectivity index (χ3v) is 12.0. The third-order valence-electron chi connectivity index (χ3n) is 9.51. The van der Waals surface area contributed by atoms with Crippen LogP contribution in [-0.2, 0) is 26.1 Å². The van der Waals surface area contributed by atoms with Gasteiger partial charge in [0.2, 0.25) is 10.0 Å². The van der Waals surface area contributed by atoms with E-state index in [0.717, 1.165) is 42.7 Å². The lowest BCUT2D eigenvalue weighted by Crippen LogP contribution is -2.45. The smallest absolute Gasteiger partial charge is 0.283 e. The molecular formula is C31H34Cl2N4O6S. The van der Waals surface area contributed by atoms with Crippen LogP contribution in [0.4, 0.5) is 5.69 Å². The van der Waals surface area contributed by atoms with Gasteiger partial charge in [0.25, 0.3) is 5.91 Å². The second-order valence-electron chi connectivity index (χ2n) is 12.2. The van der Waals surface area contributed by atoms with Gasteiger partial charge in [0.1, 0.15) is 17.1 Å². The van der Waals surface area contributed by atoms with Crippen LogP contribution < -0.4 is 9.62 Å². The number of anilines is 1. The van der Waals surface area contributed by atoms with Crippen LogP contribution in [0.1, 0.15) is 73.2 Å². The van der Waals surface area contributed by atoms with Crippen LogP contribution in [0.5, 0.6) is 0 Å². The van der Waals surface area contributed by atoms with E-state index in [0.29, 0.717) is 65.8 Å². The van der Waals surface area contributed by atoms with E-state index >= 15 is 0 Å². The van der Waals surface area contributed by atoms with Crippen LogP contribution in [-0.4, -0.2) is 61.1 Å². The van der Waals surface area contributed by atoms with Crippen molar-refractivity contribution in [1.82, 2.24) is 14.9 Å². The predicted molar refractivity (Wildman–Crippen MR) is 165 cm³/mol. The average Bonchev–Trinajstić information content (AvgIpc) is 3.52. The summed E-state index contributed by atoms with van der Waals surface area (Å²) in [6, 6.07) is 9.29. The lowest BCUT2D eigenvalue weighted by Gasteiger charge is -2.38. The molecule has 1 amide bonds. The SMILES string of the molecule is CC1C2CC(CC2OCc2c(-c3c(Cl)cccc3Cl)noc2C2CC2)N1c1ccc(C(=O)NS(=O)(=O)C2CCOCC2)nc1. The topological polar surface area (TPSA) is 124 Å². The van der Waals surface area contributed by atoms with Crippen molar-refractivity contribution < 1.29 is 27.2 Å². The number of piperidine rings is 1. The van der Waals surface area contributed by atoms with Gasteiger partial charge < -0.3 is 18.9 Å². The summed E-state index contributed by atoms with van der Waals surface area (Å²) in [5.74, 6) is 0.808. The molecule has 2 saturated heterocycles. The van der Waals surface area contributed by atoms with E-state index in [-0.39, 0.29) is 23.9 Å². The number of hydrogen-bond donors (Lipinski definition) is 1. The number of ether oxygens (including phenoxy) is 2. The third kappa shape index (κ3) is 5.62. The molecule has 4 aliphatic rings. The molecule has 44 heavy (non-hydrogen) atoms. The van der Waals surface area contributed by atoms with E-state index in [4.69, 9.17) is 37.2 Å². The van der Waals surface area contributed by atoms with E-state index in [1.54, 1.807) is 24.4 Å². The molecule has 2 bridgehead atoms. The molecule has 10 nitrogen and oxygen atoms in total. The normalized spacial score (nSPS) is 25.5. The molecule has 4 heterocycles. The Morgan fingerprint density at radius 3 is 2.50 bits per heavy atom. The first-order valence-corrected chi connectivity index (χ1v) is 17.4. The van der Waals surface area contributed by atoms with Gasteiger partial charge in [-0.1, -0.05) is 34.4 Å². The van der Waals surface area contributed by atoms with Crippen LogP contribution in [0.2, 0.25) is 10.0 Å². The number of benzene rings is 1. The Hall–Kier alpha value is -2.70. The number of amides is 1. The van der Waals surface area contributed by atoms with Crippen LogP contribution >= 0.6 is 23.2 Å². The van der Waals surface area contributed by atoms with Gasteiger partial charge in [0, 0.05) is 48.3 Å². The van der Waals surface area contributed by atoms with Gasteiger partial charge in [0.15, 0.2) is 0 Å². The minimum Gasteiger partial charge on any atom is -0.381 e. The summed E-state index contributed by atoms with van der Waals surface area (Å²) >= 11 is 13.1. The Balaban J connectivity index is 1.01. The number of nitrogens with zero attached hydrogens (tertiary/aromatic N) is 3. The first-order valence-electron chi connectivity index (χ1n) is 15.1. The van der Waals surface area contributed by atoms with Gasteiger partial charge in [-0.3, -0.25) is 4.79 Å². The van der Waals surface area contributed by atoms with Gasteiger partial charge in [-0.2, -0.15) is 0 Å². The maximum absolute atomic E-state index is 12.7. The Kier molecular flexibility index (Phi) is 8.11. The molecule has 2 aliphatic heterocycles. The summed E-state index contributed by atoms with van der Waals surface area (Å²) < 4.78 is 45.2. The number of fused-ring (bicyclic) bond motifs is 2. The Morgan fingerprint density at radius 2 is 1.84 bits per heavy atom. The second-order valence-corrected chi connectivity index (χ2v) is 15.0. The maximum Gasteiger partial charge on any atom is 0.283 e. The molecular weight excluding hydrogens is 627 g/mol. The molecule has 1 aromatic carbocycles. The van der Waals surface area contributed by atoms with E-state index in [1.807, 2.05) is 12.1 Å². The first kappa shape index (κ1) is 30.0. The molecule has 2 aliphatic carbocycles. The van der Waals surface area contributed by atoms with E-state index in [9.17, 15) is 13.2 Å². The molecule has 0 radical (unpaired) electrons. The van der Waals surface area contributed by atoms with Gasteiger partial charge in [0.05, 0.1) is 39.9 Å². The average molecular weight is 662 g/mol. The summed E-state index contributed by atoms with van der Waals surface area (Å²) in [4.78, 5) is 19.4. The van der Waals surface area contributed by atoms with Crippen LogP contribution in [0, 0.1) is 5.92 Å². The maximum atomic E-state index is 12.7. The van der Waals surface area contributed by atoms with Crippen molar-refractivity contribution in [2.45, 2.75) is 81.4 Å². The number of sulfonamides is 1. The number of rotatable bonds is 9. The zero-order chi connectivity index (χ0) is 30.6. The number of hydrogen-bond acceptors (Lipinski definition) is 9. The second kappa shape index (κ2) is 11.9. The number of halogens is 2. The molecule has 3 aromatic rings. The number of aromatic nitrogens is 2. The van der Waals surface area contributed by atoms with Crippen molar-refractivity contribution in [1.29, 1.82) is 0 Å². The summed E-state index contributed by atoms with van der Waals surface area (Å²) in [7, 11) is -3.79. The van der Waals surface area contributed by atoms with E-state index < -0.39 is 21.2 Å². The molecule has 13 heteroatoms. The molecule has 2 saturated carbocycles. The molecule has 234 valence electrons. The zero-order valence-electron chi connectivity index (χ0n) is 24.2. The van der Waals surface area contributed by atoms with Crippen molar-refractivity contribution in [3.63, 3.8) is 0 Å². The molecule has 4 fully saturated rings. The summed E-state index contributed by atoms with van der Waals surface area (Å²) in [5, 5.41) is 4.80. The fraction of sp³-hybridized carbons (Fsp3) is 0.516. The lowest BCUT2D eigenvalue weighted by molar-refractivity contribution is 0.00367. The lowest BCUT2D eigenvalue weighted by atomic mass is 9.96. The predicted octanol–water partition coefficient (Wildman–Crippen LogP) is 5.73. The molecule has 2 aromatic heterocycles. The van der Waals surface area contributed by atoms with Crippen molar-refractivity contribution in [3.05, 3.63) is 63.6 Å². The summed E-state index contributed by atoms with van der Waals surface area (Å²) in [5.41, 5.74) is 3.21. The zero-order valence-corrected chi connectivity index (χ0v) is 26.6. The Morgan fingerprint density at radius 1 is 1.09 bits per heavy atom. The largest absolute Gasteiger partial charge is 0.381 e. The van der Waals surface area contributed by atoms with Crippen molar-refractivity contribution in [3.8, 4) is 11.3 Å². The number of nitrogens with one attached hydrogen (secondary N) is 1. The fourth-order valence-corrected chi connectivity index (χ4v) is 9.00. The van der Waals surface area contributed by atoms with Gasteiger partial charge in [-0.15, -0.1) is 0 Å². The highest BCUT2D eigenvalue weighted by Crippen LogP contribution is 2.49. The van der Waals surface area contributed by atoms with Crippen LogP contribution in [0.15, 0.2) is 41.1 Å². The summed E-state index contributed by atoms with van der Waals surface area (Å²) in [6.45, 7) is 3.30. The number of carbonyl (C=O) groups is 1. The van der Waals surface area contributed by atoms with Gasteiger partial charge in [-0.25, -0.2) is 18.1 Å². The van der Waals surface area contributed by atoms with Crippen LogP contribution in [0.25, 0.3) is 11.3 Å².